The standard InChI is InChI=1S/C17H35N3O5.3C2H6.3CH4.2H2/c1-4-7-19-17(22)15-20(14-16(21)18-5-2)8-9-24-12-13-25-11-10-23-6-3;3*1-2;;;;;/h4-15H2,1-3H3,(H,18,21)(H,19,22);3*1-2H3;3*1H4;2*1H. The molecule has 2 amide bonds. The van der Waals surface area contributed by atoms with Crippen molar-refractivity contribution in [1.82, 2.24) is 15.5 Å². The highest BCUT2D eigenvalue weighted by molar-refractivity contribution is 5.81. The third-order valence-corrected chi connectivity index (χ3v) is 3.18. The molecule has 0 saturated heterocycles. The molecular formula is C26H69N3O5. The highest BCUT2D eigenvalue weighted by atomic mass is 16.5. The quantitative estimate of drug-likeness (QED) is 0.255. The van der Waals surface area contributed by atoms with Crippen LogP contribution in [0.5, 0.6) is 0 Å². The van der Waals surface area contributed by atoms with Gasteiger partial charge in [-0.2, -0.15) is 0 Å². The highest BCUT2D eigenvalue weighted by Crippen LogP contribution is 1.91. The van der Waals surface area contributed by atoms with Gasteiger partial charge in [-0.15, -0.1) is 0 Å². The fourth-order valence-electron chi connectivity index (χ4n) is 1.97. The van der Waals surface area contributed by atoms with Gasteiger partial charge in [0.2, 0.25) is 11.8 Å². The summed E-state index contributed by atoms with van der Waals surface area (Å²) in [6, 6.07) is 0. The van der Waals surface area contributed by atoms with E-state index in [1.807, 2.05) is 62.3 Å². The zero-order valence-electron chi connectivity index (χ0n) is 22.0. The molecule has 0 aromatic carbocycles. The van der Waals surface area contributed by atoms with Crippen LogP contribution in [0.15, 0.2) is 0 Å². The molecule has 0 aromatic heterocycles. The van der Waals surface area contributed by atoms with Crippen LogP contribution in [-0.2, 0) is 23.8 Å². The van der Waals surface area contributed by atoms with Crippen LogP contribution in [0.3, 0.4) is 0 Å². The Kier molecular flexibility index (Phi) is 71.8. The lowest BCUT2D eigenvalue weighted by molar-refractivity contribution is -0.125. The number of rotatable bonds is 17. The Bertz CT molecular complexity index is 358. The molecule has 34 heavy (non-hydrogen) atoms. The molecule has 0 bridgehead atoms. The largest absolute Gasteiger partial charge is 0.379 e. The molecule has 0 spiro atoms. The molecule has 0 aliphatic rings. The minimum Gasteiger partial charge on any atom is -0.379 e. The van der Waals surface area contributed by atoms with Crippen LogP contribution in [0, 0.1) is 0 Å². The molecule has 0 aromatic rings. The molecule has 8 nitrogen and oxygen atoms in total. The van der Waals surface area contributed by atoms with Crippen LogP contribution in [-0.4, -0.2) is 89.1 Å². The van der Waals surface area contributed by atoms with Crippen molar-refractivity contribution in [2.45, 2.75) is 91.0 Å². The van der Waals surface area contributed by atoms with Gasteiger partial charge >= 0.3 is 0 Å². The molecule has 0 rings (SSSR count). The molecular weight excluding hydrogens is 434 g/mol. The van der Waals surface area contributed by atoms with Gasteiger partial charge < -0.3 is 24.8 Å². The maximum atomic E-state index is 11.9. The second-order valence-electron chi connectivity index (χ2n) is 5.44. The van der Waals surface area contributed by atoms with Crippen LogP contribution in [0.2, 0.25) is 0 Å². The zero-order valence-corrected chi connectivity index (χ0v) is 22.0. The summed E-state index contributed by atoms with van der Waals surface area (Å²) >= 11 is 0. The van der Waals surface area contributed by atoms with Gasteiger partial charge in [0.15, 0.2) is 0 Å². The third-order valence-electron chi connectivity index (χ3n) is 3.18. The molecule has 0 saturated carbocycles. The molecule has 0 aliphatic carbocycles. The number of ether oxygens (including phenoxy) is 3. The normalized spacial score (nSPS) is 8.53. The Morgan fingerprint density at radius 1 is 0.676 bits per heavy atom. The fraction of sp³-hybridized carbons (Fsp3) is 0.923. The van der Waals surface area contributed by atoms with Crippen molar-refractivity contribution in [2.75, 3.05) is 72.4 Å². The summed E-state index contributed by atoms with van der Waals surface area (Å²) in [7, 11) is 0. The van der Waals surface area contributed by atoms with E-state index >= 15 is 0 Å². The van der Waals surface area contributed by atoms with E-state index in [0.29, 0.717) is 59.3 Å². The first-order chi connectivity index (χ1) is 15.1. The van der Waals surface area contributed by atoms with E-state index in [1.165, 1.54) is 0 Å². The van der Waals surface area contributed by atoms with Crippen molar-refractivity contribution in [1.29, 1.82) is 0 Å². The summed E-state index contributed by atoms with van der Waals surface area (Å²) < 4.78 is 16.0. The lowest BCUT2D eigenvalue weighted by Crippen LogP contribution is -2.44. The van der Waals surface area contributed by atoms with Crippen molar-refractivity contribution in [3.63, 3.8) is 0 Å². The van der Waals surface area contributed by atoms with E-state index in [0.717, 1.165) is 6.42 Å². The molecule has 218 valence electrons. The predicted molar refractivity (Wildman–Crippen MR) is 155 cm³/mol. The van der Waals surface area contributed by atoms with Gasteiger partial charge in [0.25, 0.3) is 0 Å². The first kappa shape index (κ1) is 49.8. The van der Waals surface area contributed by atoms with Crippen molar-refractivity contribution in [2.24, 2.45) is 0 Å². The minimum atomic E-state index is -0.0925. The average Bonchev–Trinajstić information content (AvgIpc) is 2.80. The Balaban J connectivity index is -0.0000000876. The van der Waals surface area contributed by atoms with Crippen molar-refractivity contribution < 1.29 is 26.7 Å². The number of nitrogens with one attached hydrogen (secondary N) is 2. The summed E-state index contributed by atoms with van der Waals surface area (Å²) in [6.07, 6.45) is 0.883. The number of carbonyl (C=O) groups excluding carboxylic acids is 2. The molecule has 0 unspecified atom stereocenters. The lowest BCUT2D eigenvalue weighted by atomic mass is 10.4. The molecule has 0 radical (unpaired) electrons. The van der Waals surface area contributed by atoms with E-state index in [9.17, 15) is 9.59 Å². The van der Waals surface area contributed by atoms with Crippen LogP contribution < -0.4 is 10.6 Å². The summed E-state index contributed by atoms with van der Waals surface area (Å²) in [5.74, 6) is -0.171. The third kappa shape index (κ3) is 44.5. The molecule has 0 aliphatic heterocycles. The van der Waals surface area contributed by atoms with Gasteiger partial charge in [0.05, 0.1) is 46.1 Å². The van der Waals surface area contributed by atoms with E-state index in [1.54, 1.807) is 4.90 Å². The minimum absolute atomic E-state index is 0. The monoisotopic (exact) mass is 504 g/mol. The van der Waals surface area contributed by atoms with Gasteiger partial charge in [-0.3, -0.25) is 14.5 Å². The number of carbonyl (C=O) groups is 2. The first-order valence-electron chi connectivity index (χ1n) is 12.1. The Labute approximate surface area is 217 Å². The second-order valence-corrected chi connectivity index (χ2v) is 5.44. The molecule has 2 N–H and O–H groups in total. The van der Waals surface area contributed by atoms with Gasteiger partial charge in [0, 0.05) is 29.1 Å². The first-order valence-corrected chi connectivity index (χ1v) is 12.1. The SMILES string of the molecule is C.C.C.CC.CC.CC.CCCNC(=O)CN(CCOCCOCCOCC)CC(=O)NCC.[HH].[HH]. The molecule has 0 heterocycles. The lowest BCUT2D eigenvalue weighted by Gasteiger charge is -2.21. The Morgan fingerprint density at radius 2 is 1.09 bits per heavy atom. The van der Waals surface area contributed by atoms with Gasteiger partial charge in [-0.05, 0) is 20.3 Å². The van der Waals surface area contributed by atoms with Crippen LogP contribution in [0.4, 0.5) is 0 Å². The van der Waals surface area contributed by atoms with Gasteiger partial charge in [0.1, 0.15) is 0 Å². The molecule has 0 fully saturated rings. The van der Waals surface area contributed by atoms with E-state index in [-0.39, 0.29) is 50.0 Å². The second kappa shape index (κ2) is 49.0. The van der Waals surface area contributed by atoms with E-state index < -0.39 is 0 Å². The van der Waals surface area contributed by atoms with E-state index in [4.69, 9.17) is 14.2 Å². The van der Waals surface area contributed by atoms with Crippen LogP contribution in [0.25, 0.3) is 0 Å². The Hall–Kier alpha value is -1.22. The zero-order chi connectivity index (χ0) is 24.8. The fourth-order valence-corrected chi connectivity index (χ4v) is 1.97. The van der Waals surface area contributed by atoms with Crippen molar-refractivity contribution >= 4 is 11.8 Å². The summed E-state index contributed by atoms with van der Waals surface area (Å²) in [5, 5.41) is 5.56. The average molecular weight is 504 g/mol. The summed E-state index contributed by atoms with van der Waals surface area (Å²) in [5.41, 5.74) is 0. The molecule has 8 heteroatoms. The van der Waals surface area contributed by atoms with Gasteiger partial charge in [-0.1, -0.05) is 70.7 Å². The van der Waals surface area contributed by atoms with Crippen molar-refractivity contribution in [3.8, 4) is 0 Å². The number of amides is 2. The number of hydrogen-bond donors (Lipinski definition) is 2. The van der Waals surface area contributed by atoms with Gasteiger partial charge in [-0.25, -0.2) is 0 Å². The molecule has 0 atom stereocenters. The van der Waals surface area contributed by atoms with E-state index in [2.05, 4.69) is 10.6 Å². The number of hydrogen-bond acceptors (Lipinski definition) is 6. The topological polar surface area (TPSA) is 89.1 Å². The summed E-state index contributed by atoms with van der Waals surface area (Å²) in [4.78, 5) is 25.4. The maximum absolute atomic E-state index is 11.9. The predicted octanol–water partition coefficient (Wildman–Crippen LogP) is 5.50. The van der Waals surface area contributed by atoms with Crippen molar-refractivity contribution in [3.05, 3.63) is 0 Å². The highest BCUT2D eigenvalue weighted by Gasteiger charge is 2.13. The number of likely N-dealkylation sites (N-methyl/N-ethyl adjacent to an activating group) is 1. The van der Waals surface area contributed by atoms with Crippen LogP contribution >= 0.6 is 0 Å². The maximum Gasteiger partial charge on any atom is 0.234 e. The Morgan fingerprint density at radius 3 is 1.50 bits per heavy atom. The smallest absolute Gasteiger partial charge is 0.234 e. The van der Waals surface area contributed by atoms with Crippen LogP contribution in [0.1, 0.15) is 93.9 Å². The summed E-state index contributed by atoms with van der Waals surface area (Å²) in [6.45, 7) is 23.1. The number of nitrogens with zero attached hydrogens (tertiary/aromatic N) is 1.